The van der Waals surface area contributed by atoms with Crippen LogP contribution in [0.15, 0.2) is 22.1 Å². The number of aliphatic hydroxyl groups excluding tert-OH is 1. The predicted octanol–water partition coefficient (Wildman–Crippen LogP) is 2.44. The van der Waals surface area contributed by atoms with Gasteiger partial charge in [0.05, 0.1) is 10.6 Å². The van der Waals surface area contributed by atoms with E-state index in [0.29, 0.717) is 6.42 Å². The Morgan fingerprint density at radius 1 is 1.57 bits per heavy atom. The highest BCUT2D eigenvalue weighted by atomic mass is 79.9. The van der Waals surface area contributed by atoms with Gasteiger partial charge in [-0.05, 0) is 27.4 Å². The van der Waals surface area contributed by atoms with E-state index in [1.807, 2.05) is 17.5 Å². The van der Waals surface area contributed by atoms with Crippen molar-refractivity contribution in [2.45, 2.75) is 6.42 Å². The van der Waals surface area contributed by atoms with Gasteiger partial charge in [-0.1, -0.05) is 6.07 Å². The second kappa shape index (κ2) is 4.25. The molecule has 2 N–H and O–H groups in total. The van der Waals surface area contributed by atoms with Gasteiger partial charge in [-0.3, -0.25) is 0 Å². The van der Waals surface area contributed by atoms with E-state index in [4.69, 9.17) is 5.11 Å². The zero-order valence-corrected chi connectivity index (χ0v) is 9.73. The summed E-state index contributed by atoms with van der Waals surface area (Å²) in [6.07, 6.45) is 0.596. The zero-order valence-electron chi connectivity index (χ0n) is 7.33. The highest BCUT2D eigenvalue weighted by Gasteiger charge is 2.09. The van der Waals surface area contributed by atoms with Gasteiger partial charge >= 0.3 is 0 Å². The van der Waals surface area contributed by atoms with Gasteiger partial charge < -0.3 is 10.1 Å². The van der Waals surface area contributed by atoms with Crippen molar-refractivity contribution in [3.05, 3.63) is 27.8 Å². The molecule has 2 rings (SSSR count). The van der Waals surface area contributed by atoms with E-state index in [9.17, 15) is 0 Å². The number of nitrogens with one attached hydrogen (secondary N) is 1. The second-order valence-electron chi connectivity index (χ2n) is 2.81. The predicted molar refractivity (Wildman–Crippen MR) is 60.4 cm³/mol. The molecule has 2 heterocycles. The summed E-state index contributed by atoms with van der Waals surface area (Å²) in [5.74, 6) is 0.857. The lowest BCUT2D eigenvalue weighted by molar-refractivity contribution is 0.298. The normalized spacial score (nSPS) is 10.7. The van der Waals surface area contributed by atoms with Crippen LogP contribution in [0.2, 0.25) is 0 Å². The van der Waals surface area contributed by atoms with E-state index in [2.05, 4.69) is 25.9 Å². The van der Waals surface area contributed by atoms with Gasteiger partial charge in [0.25, 0.3) is 0 Å². The molecule has 2 aromatic rings. The van der Waals surface area contributed by atoms with E-state index >= 15 is 0 Å². The molecular weight excluding hydrogens is 264 g/mol. The summed E-state index contributed by atoms with van der Waals surface area (Å²) in [4.78, 5) is 8.62. The number of halogens is 1. The highest BCUT2D eigenvalue weighted by Crippen LogP contribution is 2.25. The first-order valence-electron chi connectivity index (χ1n) is 4.20. The van der Waals surface area contributed by atoms with Crippen LogP contribution >= 0.6 is 27.3 Å². The smallest absolute Gasteiger partial charge is 0.149 e. The van der Waals surface area contributed by atoms with Crippen molar-refractivity contribution in [3.63, 3.8) is 0 Å². The molecule has 0 aromatic carbocycles. The summed E-state index contributed by atoms with van der Waals surface area (Å²) in [5.41, 5.74) is 0.941. The Kier molecular flexibility index (Phi) is 3.00. The molecule has 0 unspecified atom stereocenters. The summed E-state index contributed by atoms with van der Waals surface area (Å²) >= 11 is 4.99. The number of hydrogen-bond donors (Lipinski definition) is 2. The minimum Gasteiger partial charge on any atom is -0.396 e. The number of H-pyrrole nitrogens is 1. The van der Waals surface area contributed by atoms with Gasteiger partial charge in [0.1, 0.15) is 10.4 Å². The molecule has 0 saturated carbocycles. The Morgan fingerprint density at radius 2 is 2.43 bits per heavy atom. The van der Waals surface area contributed by atoms with Crippen molar-refractivity contribution in [2.75, 3.05) is 6.61 Å². The number of hydrogen-bond acceptors (Lipinski definition) is 3. The van der Waals surface area contributed by atoms with Crippen LogP contribution in [0.4, 0.5) is 0 Å². The molecule has 14 heavy (non-hydrogen) atoms. The molecule has 5 heteroatoms. The van der Waals surface area contributed by atoms with Crippen LogP contribution < -0.4 is 0 Å². The van der Waals surface area contributed by atoms with Gasteiger partial charge in [0, 0.05) is 13.0 Å². The van der Waals surface area contributed by atoms with Gasteiger partial charge in [-0.2, -0.15) is 0 Å². The fraction of sp³-hybridized carbons (Fsp3) is 0.222. The van der Waals surface area contributed by atoms with Gasteiger partial charge in [-0.25, -0.2) is 4.98 Å². The lowest BCUT2D eigenvalue weighted by atomic mass is 10.3. The topological polar surface area (TPSA) is 48.9 Å². The minimum absolute atomic E-state index is 0.130. The van der Waals surface area contributed by atoms with Crippen molar-refractivity contribution in [1.29, 1.82) is 0 Å². The third-order valence-electron chi connectivity index (χ3n) is 1.84. The van der Waals surface area contributed by atoms with Crippen LogP contribution in [0.5, 0.6) is 0 Å². The van der Waals surface area contributed by atoms with Crippen molar-refractivity contribution < 1.29 is 5.11 Å². The molecule has 74 valence electrons. The number of imidazole rings is 1. The first kappa shape index (κ1) is 9.89. The minimum atomic E-state index is 0.130. The molecule has 0 spiro atoms. The molecule has 0 saturated heterocycles. The van der Waals surface area contributed by atoms with E-state index in [0.717, 1.165) is 21.0 Å². The standard InChI is InChI=1S/C9H9BrN2OS/c10-8-6(3-4-13)11-9(12-8)7-2-1-5-14-7/h1-2,5,13H,3-4H2,(H,11,12). The fourth-order valence-corrected chi connectivity index (χ4v) is 2.34. The van der Waals surface area contributed by atoms with Crippen LogP contribution in [0.1, 0.15) is 5.69 Å². The Hall–Kier alpha value is -0.650. The monoisotopic (exact) mass is 272 g/mol. The Labute approximate surface area is 93.9 Å². The van der Waals surface area contributed by atoms with E-state index < -0.39 is 0 Å². The number of aliphatic hydroxyl groups is 1. The van der Waals surface area contributed by atoms with Crippen LogP contribution in [-0.4, -0.2) is 21.7 Å². The number of nitrogens with zero attached hydrogens (tertiary/aromatic N) is 1. The maximum absolute atomic E-state index is 8.82. The van der Waals surface area contributed by atoms with Crippen LogP contribution in [0.3, 0.4) is 0 Å². The molecule has 0 amide bonds. The summed E-state index contributed by atoms with van der Waals surface area (Å²) < 4.78 is 0.787. The van der Waals surface area contributed by atoms with E-state index in [1.165, 1.54) is 0 Å². The van der Waals surface area contributed by atoms with Gasteiger partial charge in [0.2, 0.25) is 0 Å². The molecule has 3 nitrogen and oxygen atoms in total. The first-order valence-corrected chi connectivity index (χ1v) is 5.87. The van der Waals surface area contributed by atoms with Crippen molar-refractivity contribution >= 4 is 27.3 Å². The molecule has 0 bridgehead atoms. The summed E-state index contributed by atoms with van der Waals surface area (Å²) in [5, 5.41) is 10.8. The van der Waals surface area contributed by atoms with E-state index in [1.54, 1.807) is 11.3 Å². The average Bonchev–Trinajstić information content (AvgIpc) is 2.76. The fourth-order valence-electron chi connectivity index (χ4n) is 1.20. The molecule has 0 aliphatic carbocycles. The maximum Gasteiger partial charge on any atom is 0.149 e. The number of aromatic amines is 1. The third-order valence-corrected chi connectivity index (χ3v) is 3.38. The Morgan fingerprint density at radius 3 is 3.07 bits per heavy atom. The Bertz CT molecular complexity index is 410. The van der Waals surface area contributed by atoms with Crippen molar-refractivity contribution in [1.82, 2.24) is 9.97 Å². The summed E-state index contributed by atoms with van der Waals surface area (Å²) in [6.45, 7) is 0.130. The van der Waals surface area contributed by atoms with Crippen LogP contribution in [0, 0.1) is 0 Å². The first-order chi connectivity index (χ1) is 6.81. The lowest BCUT2D eigenvalue weighted by Gasteiger charge is -1.91. The van der Waals surface area contributed by atoms with Crippen LogP contribution in [0.25, 0.3) is 10.7 Å². The molecule has 0 aliphatic heterocycles. The summed E-state index contributed by atoms with van der Waals surface area (Å²) in [7, 11) is 0. The molecule has 0 radical (unpaired) electrons. The SMILES string of the molecule is OCCc1[nH]c(-c2cccs2)nc1Br. The number of aromatic nitrogens is 2. The molecule has 2 aromatic heterocycles. The number of rotatable bonds is 3. The second-order valence-corrected chi connectivity index (χ2v) is 4.50. The maximum atomic E-state index is 8.82. The molecule has 0 atom stereocenters. The third kappa shape index (κ3) is 1.89. The van der Waals surface area contributed by atoms with Gasteiger partial charge in [0.15, 0.2) is 0 Å². The molecular formula is C9H9BrN2OS. The molecule has 0 aliphatic rings. The largest absolute Gasteiger partial charge is 0.396 e. The average molecular weight is 273 g/mol. The lowest BCUT2D eigenvalue weighted by Crippen LogP contribution is -1.91. The van der Waals surface area contributed by atoms with Crippen molar-refractivity contribution in [3.8, 4) is 10.7 Å². The highest BCUT2D eigenvalue weighted by molar-refractivity contribution is 9.10. The van der Waals surface area contributed by atoms with Gasteiger partial charge in [-0.15, -0.1) is 11.3 Å². The molecule has 0 fully saturated rings. The van der Waals surface area contributed by atoms with Crippen molar-refractivity contribution in [2.24, 2.45) is 0 Å². The summed E-state index contributed by atoms with van der Waals surface area (Å²) in [6, 6.07) is 4.00. The van der Waals surface area contributed by atoms with E-state index in [-0.39, 0.29) is 6.61 Å². The Balaban J connectivity index is 2.33. The quantitative estimate of drug-likeness (QED) is 0.902. The van der Waals surface area contributed by atoms with Crippen LogP contribution in [-0.2, 0) is 6.42 Å². The zero-order chi connectivity index (χ0) is 9.97. The number of thiophene rings is 1.